The normalized spacial score (nSPS) is 18.5. The first-order valence-electron chi connectivity index (χ1n) is 11.0. The summed E-state index contributed by atoms with van der Waals surface area (Å²) in [4.78, 5) is 13.2. The molecule has 2 aliphatic heterocycles. The average molecular weight is 447 g/mol. The summed E-state index contributed by atoms with van der Waals surface area (Å²) in [5, 5.41) is 12.3. The predicted octanol–water partition coefficient (Wildman–Crippen LogP) is 3.63. The maximum atomic E-state index is 13.6. The molecule has 2 aromatic rings. The molecule has 0 bridgehead atoms. The zero-order valence-corrected chi connectivity index (χ0v) is 18.2. The van der Waals surface area contributed by atoms with Gasteiger partial charge >= 0.3 is 0 Å². The smallest absolute Gasteiger partial charge is 0.251 e. The minimum absolute atomic E-state index is 0.153. The summed E-state index contributed by atoms with van der Waals surface area (Å²) in [6, 6.07) is 3.50. The number of nitrogens with zero attached hydrogens (tertiary/aromatic N) is 5. The van der Waals surface area contributed by atoms with Crippen molar-refractivity contribution in [2.75, 3.05) is 56.7 Å². The molecule has 1 aromatic carbocycles. The van der Waals surface area contributed by atoms with Crippen LogP contribution >= 0.6 is 0 Å². The van der Waals surface area contributed by atoms with Crippen LogP contribution < -0.4 is 19.7 Å². The van der Waals surface area contributed by atoms with Crippen LogP contribution in [0.5, 0.6) is 11.5 Å². The number of alkyl halides is 2. The van der Waals surface area contributed by atoms with Gasteiger partial charge in [-0.3, -0.25) is 5.32 Å². The third-order valence-corrected chi connectivity index (χ3v) is 6.00. The number of halogens is 2. The van der Waals surface area contributed by atoms with Gasteiger partial charge < -0.3 is 19.3 Å². The van der Waals surface area contributed by atoms with E-state index < -0.39 is 5.92 Å². The lowest BCUT2D eigenvalue weighted by Gasteiger charge is -2.32. The van der Waals surface area contributed by atoms with Gasteiger partial charge in [-0.25, -0.2) is 13.8 Å². The summed E-state index contributed by atoms with van der Waals surface area (Å²) in [6.07, 6.45) is 4.81. The quantitative estimate of drug-likeness (QED) is 0.374. The Morgan fingerprint density at radius 2 is 1.88 bits per heavy atom. The van der Waals surface area contributed by atoms with Crippen molar-refractivity contribution in [3.8, 4) is 17.7 Å². The van der Waals surface area contributed by atoms with E-state index in [-0.39, 0.29) is 25.9 Å². The number of anilines is 2. The summed E-state index contributed by atoms with van der Waals surface area (Å²) in [6.45, 7) is 4.14. The first-order chi connectivity index (χ1) is 15.5. The van der Waals surface area contributed by atoms with Gasteiger partial charge in [-0.05, 0) is 38.4 Å². The maximum Gasteiger partial charge on any atom is 0.251 e. The van der Waals surface area contributed by atoms with Crippen molar-refractivity contribution in [3.05, 3.63) is 12.1 Å². The van der Waals surface area contributed by atoms with Crippen molar-refractivity contribution in [2.24, 2.45) is 0 Å². The van der Waals surface area contributed by atoms with Crippen LogP contribution in [0.1, 0.15) is 32.1 Å². The summed E-state index contributed by atoms with van der Waals surface area (Å²) in [5.41, 5.74) is 0.556. The van der Waals surface area contributed by atoms with Crippen LogP contribution in [-0.4, -0.2) is 67.2 Å². The largest absolute Gasteiger partial charge is 0.493 e. The lowest BCUT2D eigenvalue weighted by Crippen LogP contribution is -2.40. The first-order valence-corrected chi connectivity index (χ1v) is 11.0. The maximum absolute atomic E-state index is 13.6. The molecule has 1 aromatic heterocycles. The fourth-order valence-electron chi connectivity index (χ4n) is 4.20. The number of benzene rings is 1. The minimum atomic E-state index is -2.66. The molecule has 2 fully saturated rings. The summed E-state index contributed by atoms with van der Waals surface area (Å²) < 4.78 is 38.6. The topological polar surface area (TPSA) is 86.5 Å². The van der Waals surface area contributed by atoms with Gasteiger partial charge in [0.05, 0.1) is 19.2 Å². The van der Waals surface area contributed by atoms with Crippen LogP contribution in [0.3, 0.4) is 0 Å². The van der Waals surface area contributed by atoms with Gasteiger partial charge in [0.2, 0.25) is 5.95 Å². The van der Waals surface area contributed by atoms with Gasteiger partial charge in [-0.15, -0.1) is 0 Å². The molecule has 0 atom stereocenters. The number of aromatic nitrogens is 2. The Labute approximate surface area is 186 Å². The second-order valence-corrected chi connectivity index (χ2v) is 8.22. The number of piperidine rings is 1. The molecule has 0 spiro atoms. The Bertz CT molecular complexity index is 981. The van der Waals surface area contributed by atoms with Crippen molar-refractivity contribution in [3.63, 3.8) is 0 Å². The van der Waals surface area contributed by atoms with E-state index >= 15 is 0 Å². The van der Waals surface area contributed by atoms with Crippen molar-refractivity contribution in [1.29, 1.82) is 5.26 Å². The fourth-order valence-corrected chi connectivity index (χ4v) is 4.20. The van der Waals surface area contributed by atoms with Crippen LogP contribution in [0.2, 0.25) is 0 Å². The third-order valence-electron chi connectivity index (χ3n) is 6.00. The number of hydrogen-bond donors (Lipinski definition) is 1. The van der Waals surface area contributed by atoms with Crippen molar-refractivity contribution in [1.82, 2.24) is 14.9 Å². The van der Waals surface area contributed by atoms with E-state index in [9.17, 15) is 8.78 Å². The van der Waals surface area contributed by atoms with Crippen molar-refractivity contribution in [2.45, 2.75) is 38.0 Å². The number of nitriles is 1. The van der Waals surface area contributed by atoms with Crippen LogP contribution in [-0.2, 0) is 0 Å². The Morgan fingerprint density at radius 3 is 2.56 bits per heavy atom. The molecule has 4 rings (SSSR count). The monoisotopic (exact) mass is 446 g/mol. The molecule has 0 saturated carbocycles. The Balaban J connectivity index is 1.56. The van der Waals surface area contributed by atoms with Gasteiger partial charge in [0.15, 0.2) is 23.5 Å². The highest BCUT2D eigenvalue weighted by molar-refractivity contribution is 5.93. The molecule has 2 saturated heterocycles. The number of likely N-dealkylation sites (tertiary alicyclic amines) is 1. The predicted molar refractivity (Wildman–Crippen MR) is 118 cm³/mol. The van der Waals surface area contributed by atoms with Gasteiger partial charge in [-0.2, -0.15) is 10.2 Å². The number of fused-ring (bicyclic) bond motifs is 1. The summed E-state index contributed by atoms with van der Waals surface area (Å²) in [5.74, 6) is -0.961. The second-order valence-electron chi connectivity index (χ2n) is 8.22. The molecule has 3 heterocycles. The van der Waals surface area contributed by atoms with Gasteiger partial charge in [-0.1, -0.05) is 0 Å². The van der Waals surface area contributed by atoms with Gasteiger partial charge in [0, 0.05) is 43.9 Å². The molecule has 1 N–H and O–H groups in total. The van der Waals surface area contributed by atoms with Gasteiger partial charge in [0.25, 0.3) is 5.92 Å². The van der Waals surface area contributed by atoms with E-state index in [0.717, 1.165) is 26.1 Å². The van der Waals surface area contributed by atoms with Crippen molar-refractivity contribution < 1.29 is 18.3 Å². The lowest BCUT2D eigenvalue weighted by molar-refractivity contribution is -0.0222. The molecule has 0 unspecified atom stereocenters. The molecule has 32 heavy (non-hydrogen) atoms. The summed E-state index contributed by atoms with van der Waals surface area (Å²) >= 11 is 0. The number of nitrogens with one attached hydrogen (secondary N) is 1. The van der Waals surface area contributed by atoms with Crippen molar-refractivity contribution >= 4 is 22.7 Å². The van der Waals surface area contributed by atoms with Crippen LogP contribution in [0.15, 0.2) is 12.1 Å². The van der Waals surface area contributed by atoms with Crippen LogP contribution in [0.25, 0.3) is 10.9 Å². The van der Waals surface area contributed by atoms with E-state index in [1.807, 2.05) is 6.19 Å². The molecule has 0 aliphatic carbocycles. The molecular formula is C22H28F2N6O2. The molecule has 0 radical (unpaired) electrons. The minimum Gasteiger partial charge on any atom is -0.493 e. The zero-order valence-electron chi connectivity index (χ0n) is 18.2. The fraction of sp³-hybridized carbons (Fsp3) is 0.591. The van der Waals surface area contributed by atoms with Crippen LogP contribution in [0.4, 0.5) is 20.5 Å². The molecular weight excluding hydrogens is 418 g/mol. The molecule has 172 valence electrons. The Hall–Kier alpha value is -2.93. The van der Waals surface area contributed by atoms with Crippen LogP contribution in [0, 0.1) is 11.5 Å². The number of methoxy groups -OCH3 is 1. The van der Waals surface area contributed by atoms with E-state index in [4.69, 9.17) is 14.7 Å². The first kappa shape index (κ1) is 22.3. The van der Waals surface area contributed by atoms with E-state index in [1.165, 1.54) is 12.8 Å². The highest BCUT2D eigenvalue weighted by Crippen LogP contribution is 2.36. The van der Waals surface area contributed by atoms with E-state index in [2.05, 4.69) is 20.2 Å². The standard InChI is InChI=1S/C22H28F2N6O2/c1-31-18-13-16-17(14-19(18)32-12-4-9-29-7-2-3-8-29)27-21(28-20(16)26-15-25)30-10-5-22(23,24)6-11-30/h13-14H,2-12H2,1H3,(H,26,27,28). The second kappa shape index (κ2) is 9.69. The number of ether oxygens (including phenoxy) is 2. The molecule has 0 amide bonds. The number of hydrogen-bond acceptors (Lipinski definition) is 8. The zero-order chi connectivity index (χ0) is 22.6. The third kappa shape index (κ3) is 5.10. The van der Waals surface area contributed by atoms with E-state index in [0.29, 0.717) is 40.8 Å². The number of rotatable bonds is 8. The van der Waals surface area contributed by atoms with E-state index in [1.54, 1.807) is 24.1 Å². The SMILES string of the molecule is COc1cc2c(NC#N)nc(N3CCC(F)(F)CC3)nc2cc1OCCCN1CCCC1. The van der Waals surface area contributed by atoms with Gasteiger partial charge in [0.1, 0.15) is 0 Å². The summed E-state index contributed by atoms with van der Waals surface area (Å²) in [7, 11) is 1.55. The highest BCUT2D eigenvalue weighted by Gasteiger charge is 2.35. The average Bonchev–Trinajstić information content (AvgIpc) is 3.30. The lowest BCUT2D eigenvalue weighted by atomic mass is 10.1. The Kier molecular flexibility index (Phi) is 6.74. The Morgan fingerprint density at radius 1 is 1.12 bits per heavy atom. The molecule has 2 aliphatic rings. The molecule has 8 nitrogen and oxygen atoms in total. The molecule has 10 heteroatoms. The highest BCUT2D eigenvalue weighted by atomic mass is 19.3.